The number of likely N-dealkylation sites (N-methyl/N-ethyl adjacent to an activating group) is 1. The van der Waals surface area contributed by atoms with Gasteiger partial charge in [0.15, 0.2) is 0 Å². The van der Waals surface area contributed by atoms with Crippen molar-refractivity contribution in [3.63, 3.8) is 0 Å². The second-order valence-electron chi connectivity index (χ2n) is 5.57. The fourth-order valence-corrected chi connectivity index (χ4v) is 4.31. The van der Waals surface area contributed by atoms with Gasteiger partial charge in [0, 0.05) is 26.1 Å². The van der Waals surface area contributed by atoms with Crippen LogP contribution in [0, 0.1) is 0 Å². The van der Waals surface area contributed by atoms with Gasteiger partial charge in [-0.2, -0.15) is 4.31 Å². The molecule has 0 spiro atoms. The maximum Gasteiger partial charge on any atom is 0.243 e. The van der Waals surface area contributed by atoms with Crippen molar-refractivity contribution in [2.75, 3.05) is 20.1 Å². The Bertz CT molecular complexity index is 609. The number of nitrogens with zero attached hydrogens (tertiary/aromatic N) is 1. The minimum Gasteiger partial charge on any atom is -0.490 e. The highest BCUT2D eigenvalue weighted by atomic mass is 32.2. The monoisotopic (exact) mass is 296 g/mol. The molecule has 2 atom stereocenters. The molecular formula is C14H20N2O3S. The van der Waals surface area contributed by atoms with E-state index in [4.69, 9.17) is 4.74 Å². The van der Waals surface area contributed by atoms with Gasteiger partial charge in [0.1, 0.15) is 11.9 Å². The van der Waals surface area contributed by atoms with Crippen molar-refractivity contribution in [3.8, 4) is 5.75 Å². The first-order valence-corrected chi connectivity index (χ1v) is 8.41. The summed E-state index contributed by atoms with van der Waals surface area (Å²) in [6, 6.07) is 5.22. The molecule has 1 aromatic rings. The number of ether oxygens (including phenoxy) is 1. The lowest BCUT2D eigenvalue weighted by Crippen LogP contribution is -2.38. The zero-order chi connectivity index (χ0) is 14.3. The van der Waals surface area contributed by atoms with Crippen LogP contribution in [0.15, 0.2) is 23.1 Å². The zero-order valence-electron chi connectivity index (χ0n) is 11.8. The SMILES string of the molecule is CC1Cc2cc(S(=O)(=O)N(C)C3CCNC3)ccc2O1. The summed E-state index contributed by atoms with van der Waals surface area (Å²) in [5.41, 5.74) is 0.983. The third kappa shape index (κ3) is 2.32. The van der Waals surface area contributed by atoms with Gasteiger partial charge in [-0.3, -0.25) is 0 Å². The fraction of sp³-hybridized carbons (Fsp3) is 0.571. The third-order valence-corrected chi connectivity index (χ3v) is 6.00. The third-order valence-electron chi connectivity index (χ3n) is 4.09. The van der Waals surface area contributed by atoms with E-state index in [2.05, 4.69) is 5.32 Å². The van der Waals surface area contributed by atoms with Crippen LogP contribution in [0.25, 0.3) is 0 Å². The Morgan fingerprint density at radius 3 is 2.90 bits per heavy atom. The molecule has 20 heavy (non-hydrogen) atoms. The number of fused-ring (bicyclic) bond motifs is 1. The highest BCUT2D eigenvalue weighted by Gasteiger charge is 2.31. The van der Waals surface area contributed by atoms with Crippen molar-refractivity contribution in [1.29, 1.82) is 0 Å². The van der Waals surface area contributed by atoms with Crippen molar-refractivity contribution >= 4 is 10.0 Å². The summed E-state index contributed by atoms with van der Waals surface area (Å²) in [5.74, 6) is 0.807. The molecule has 0 amide bonds. The molecular weight excluding hydrogens is 276 g/mol. The van der Waals surface area contributed by atoms with E-state index in [1.807, 2.05) is 6.92 Å². The summed E-state index contributed by atoms with van der Waals surface area (Å²) in [5, 5.41) is 3.20. The largest absolute Gasteiger partial charge is 0.490 e. The summed E-state index contributed by atoms with van der Waals surface area (Å²) in [6.45, 7) is 3.59. The van der Waals surface area contributed by atoms with E-state index in [-0.39, 0.29) is 12.1 Å². The molecule has 110 valence electrons. The molecule has 1 N–H and O–H groups in total. The highest BCUT2D eigenvalue weighted by Crippen LogP contribution is 2.31. The molecule has 1 aromatic carbocycles. The van der Waals surface area contributed by atoms with Crippen molar-refractivity contribution in [2.24, 2.45) is 0 Å². The molecule has 3 rings (SSSR count). The molecule has 1 fully saturated rings. The second kappa shape index (κ2) is 5.02. The van der Waals surface area contributed by atoms with Crippen molar-refractivity contribution in [3.05, 3.63) is 23.8 Å². The Morgan fingerprint density at radius 2 is 2.20 bits per heavy atom. The van der Waals surface area contributed by atoms with Crippen LogP contribution in [0.1, 0.15) is 18.9 Å². The number of benzene rings is 1. The second-order valence-corrected chi connectivity index (χ2v) is 7.57. The van der Waals surface area contributed by atoms with Crippen LogP contribution in [-0.2, 0) is 16.4 Å². The molecule has 6 heteroatoms. The predicted molar refractivity (Wildman–Crippen MR) is 76.5 cm³/mol. The Morgan fingerprint density at radius 1 is 1.40 bits per heavy atom. The molecule has 0 bridgehead atoms. The lowest BCUT2D eigenvalue weighted by molar-refractivity contribution is 0.254. The first-order chi connectivity index (χ1) is 9.48. The molecule has 0 aliphatic carbocycles. The summed E-state index contributed by atoms with van der Waals surface area (Å²) in [4.78, 5) is 0.364. The first-order valence-electron chi connectivity index (χ1n) is 6.97. The Balaban J connectivity index is 1.90. The van der Waals surface area contributed by atoms with Crippen LogP contribution in [0.2, 0.25) is 0 Å². The van der Waals surface area contributed by atoms with E-state index in [1.165, 1.54) is 4.31 Å². The highest BCUT2D eigenvalue weighted by molar-refractivity contribution is 7.89. The Kier molecular flexibility index (Phi) is 3.48. The molecule has 0 saturated carbocycles. The van der Waals surface area contributed by atoms with E-state index in [0.29, 0.717) is 4.90 Å². The Hall–Kier alpha value is -1.11. The first kappa shape index (κ1) is 13.9. The van der Waals surface area contributed by atoms with Crippen LogP contribution in [0.4, 0.5) is 0 Å². The lowest BCUT2D eigenvalue weighted by Gasteiger charge is -2.23. The van der Waals surface area contributed by atoms with E-state index < -0.39 is 10.0 Å². The average Bonchev–Trinajstić information content (AvgIpc) is 3.04. The molecule has 5 nitrogen and oxygen atoms in total. The molecule has 2 aliphatic rings. The van der Waals surface area contributed by atoms with Gasteiger partial charge in [0.2, 0.25) is 10.0 Å². The number of rotatable bonds is 3. The van der Waals surface area contributed by atoms with Crippen LogP contribution < -0.4 is 10.1 Å². The van der Waals surface area contributed by atoms with E-state index in [0.717, 1.165) is 37.2 Å². The molecule has 2 heterocycles. The Labute approximate surface area is 120 Å². The van der Waals surface area contributed by atoms with Crippen LogP contribution >= 0.6 is 0 Å². The summed E-state index contributed by atoms with van der Waals surface area (Å²) < 4.78 is 32.4. The quantitative estimate of drug-likeness (QED) is 0.904. The summed E-state index contributed by atoms with van der Waals surface area (Å²) in [6.07, 6.45) is 1.76. The zero-order valence-corrected chi connectivity index (χ0v) is 12.6. The molecule has 2 aliphatic heterocycles. The van der Waals surface area contributed by atoms with Gasteiger partial charge in [-0.05, 0) is 43.7 Å². The topological polar surface area (TPSA) is 58.6 Å². The van der Waals surface area contributed by atoms with E-state index in [1.54, 1.807) is 25.2 Å². The summed E-state index contributed by atoms with van der Waals surface area (Å²) in [7, 11) is -1.76. The average molecular weight is 296 g/mol. The van der Waals surface area contributed by atoms with Gasteiger partial charge in [-0.1, -0.05) is 0 Å². The number of nitrogens with one attached hydrogen (secondary N) is 1. The predicted octanol–water partition coefficient (Wildman–Crippen LogP) is 0.992. The number of hydrogen-bond acceptors (Lipinski definition) is 4. The minimum absolute atomic E-state index is 0.0448. The van der Waals surface area contributed by atoms with Gasteiger partial charge in [0.25, 0.3) is 0 Å². The molecule has 0 aromatic heterocycles. The maximum atomic E-state index is 12.7. The molecule has 2 unspecified atom stereocenters. The number of sulfonamides is 1. The van der Waals surface area contributed by atoms with Crippen molar-refractivity contribution < 1.29 is 13.2 Å². The van der Waals surface area contributed by atoms with Gasteiger partial charge >= 0.3 is 0 Å². The van der Waals surface area contributed by atoms with Gasteiger partial charge in [-0.15, -0.1) is 0 Å². The minimum atomic E-state index is -3.42. The van der Waals surface area contributed by atoms with Crippen molar-refractivity contribution in [2.45, 2.75) is 36.8 Å². The van der Waals surface area contributed by atoms with Crippen LogP contribution in [0.3, 0.4) is 0 Å². The van der Waals surface area contributed by atoms with Gasteiger partial charge in [0.05, 0.1) is 4.90 Å². The summed E-state index contributed by atoms with van der Waals surface area (Å²) >= 11 is 0. The lowest BCUT2D eigenvalue weighted by atomic mass is 10.1. The van der Waals surface area contributed by atoms with Crippen LogP contribution in [0.5, 0.6) is 5.75 Å². The van der Waals surface area contributed by atoms with E-state index >= 15 is 0 Å². The smallest absolute Gasteiger partial charge is 0.243 e. The van der Waals surface area contributed by atoms with Gasteiger partial charge < -0.3 is 10.1 Å². The standard InChI is InChI=1S/C14H20N2O3S/c1-10-7-11-8-13(3-4-14(11)19-10)20(17,18)16(2)12-5-6-15-9-12/h3-4,8,10,12,15H,5-7,9H2,1-2H3. The maximum absolute atomic E-state index is 12.7. The van der Waals surface area contributed by atoms with Crippen LogP contribution in [-0.4, -0.2) is 45.0 Å². The number of hydrogen-bond donors (Lipinski definition) is 1. The molecule has 1 saturated heterocycles. The van der Waals surface area contributed by atoms with E-state index in [9.17, 15) is 8.42 Å². The fourth-order valence-electron chi connectivity index (χ4n) is 2.87. The normalized spacial score (nSPS) is 25.8. The van der Waals surface area contributed by atoms with Gasteiger partial charge in [-0.25, -0.2) is 8.42 Å². The molecule has 0 radical (unpaired) electrons. The van der Waals surface area contributed by atoms with Crippen molar-refractivity contribution in [1.82, 2.24) is 9.62 Å².